The van der Waals surface area contributed by atoms with Crippen LogP contribution in [0.25, 0.3) is 0 Å². The smallest absolute Gasteiger partial charge is 0.356 e. The molecule has 0 spiro atoms. The molecular formula is C25H27N7O10S. The first-order valence-corrected chi connectivity index (χ1v) is 11.7. The molecule has 4 aromatic rings. The second kappa shape index (κ2) is 19.8. The molecule has 0 fully saturated rings. The number of aromatic amines is 2. The summed E-state index contributed by atoms with van der Waals surface area (Å²) in [7, 11) is 1.36. The number of nitrogens with two attached hydrogens (primary N) is 2. The van der Waals surface area contributed by atoms with Gasteiger partial charge in [0.05, 0.1) is 24.4 Å². The van der Waals surface area contributed by atoms with Crippen LogP contribution in [0.1, 0.15) is 36.8 Å². The van der Waals surface area contributed by atoms with Crippen LogP contribution in [0.15, 0.2) is 77.1 Å². The third kappa shape index (κ3) is 16.5. The van der Waals surface area contributed by atoms with Crippen LogP contribution in [0.5, 0.6) is 11.5 Å². The first kappa shape index (κ1) is 36.8. The lowest BCUT2D eigenvalue weighted by atomic mass is 10.2. The number of thiocarbonyl (C=S) groups is 1. The van der Waals surface area contributed by atoms with Gasteiger partial charge in [-0.15, -0.1) is 0 Å². The maximum Gasteiger partial charge on any atom is 0.356 e. The van der Waals surface area contributed by atoms with Crippen molar-refractivity contribution in [3.63, 3.8) is 0 Å². The van der Waals surface area contributed by atoms with Crippen molar-refractivity contribution < 1.29 is 39.5 Å². The minimum absolute atomic E-state index is 0.000000000000000222. The third-order valence-electron chi connectivity index (χ3n) is 4.12. The van der Waals surface area contributed by atoms with E-state index >= 15 is 0 Å². The normalized spacial score (nSPS) is 8.88. The van der Waals surface area contributed by atoms with Crippen LogP contribution in [-0.2, 0) is 0 Å². The van der Waals surface area contributed by atoms with Crippen molar-refractivity contribution in [1.82, 2.24) is 24.9 Å². The van der Waals surface area contributed by atoms with Crippen LogP contribution in [0.2, 0.25) is 0 Å². The summed E-state index contributed by atoms with van der Waals surface area (Å²) in [5.41, 5.74) is 9.23. The quantitative estimate of drug-likeness (QED) is 0.145. The van der Waals surface area contributed by atoms with E-state index in [-0.39, 0.29) is 39.0 Å². The Morgan fingerprint density at radius 1 is 0.907 bits per heavy atom. The van der Waals surface area contributed by atoms with Crippen molar-refractivity contribution in [3.05, 3.63) is 111 Å². The number of H-pyrrole nitrogens is 2. The highest BCUT2D eigenvalue weighted by molar-refractivity contribution is 7.80. The van der Waals surface area contributed by atoms with Gasteiger partial charge in [0.25, 0.3) is 5.56 Å². The minimum Gasteiger partial charge on any atom is -0.504 e. The number of hydrogen-bond donors (Lipinski definition) is 8. The number of aromatic carboxylic acids is 3. The summed E-state index contributed by atoms with van der Waals surface area (Å²) in [6.45, 7) is 1.62. The number of methoxy groups -OCH3 is 1. The second-order valence-corrected chi connectivity index (χ2v) is 7.76. The average Bonchev–Trinajstić information content (AvgIpc) is 2.97. The average molecular weight is 618 g/mol. The zero-order valence-corrected chi connectivity index (χ0v) is 23.3. The summed E-state index contributed by atoms with van der Waals surface area (Å²) in [4.78, 5) is 66.7. The number of carboxylic acid groups (broad SMARTS) is 3. The first-order valence-electron chi connectivity index (χ1n) is 11.3. The van der Waals surface area contributed by atoms with Gasteiger partial charge in [-0.2, -0.15) is 0 Å². The number of carboxylic acids is 3. The van der Waals surface area contributed by atoms with Gasteiger partial charge in [-0.25, -0.2) is 24.2 Å². The molecule has 0 atom stereocenters. The number of nitrogens with one attached hydrogen (secondary N) is 2. The van der Waals surface area contributed by atoms with Gasteiger partial charge in [0.15, 0.2) is 22.3 Å². The molecule has 4 rings (SSSR count). The number of nitrogens with zero attached hydrogens (tertiary/aromatic N) is 3. The van der Waals surface area contributed by atoms with Crippen molar-refractivity contribution in [2.24, 2.45) is 11.5 Å². The summed E-state index contributed by atoms with van der Waals surface area (Å²) < 4.78 is 4.72. The van der Waals surface area contributed by atoms with E-state index in [1.54, 1.807) is 13.0 Å². The Morgan fingerprint density at radius 2 is 1.51 bits per heavy atom. The number of aromatic nitrogens is 5. The Bertz CT molecular complexity index is 1540. The van der Waals surface area contributed by atoms with Gasteiger partial charge < -0.3 is 41.6 Å². The van der Waals surface area contributed by atoms with Crippen LogP contribution >= 0.6 is 12.2 Å². The Balaban J connectivity index is 0.000000528. The Labute approximate surface area is 247 Å². The number of aromatic hydroxyl groups is 1. The molecule has 18 heteroatoms. The number of pyridine rings is 1. The Morgan fingerprint density at radius 3 is 1.88 bits per heavy atom. The lowest BCUT2D eigenvalue weighted by Crippen LogP contribution is -2.22. The minimum atomic E-state index is -1.05. The van der Waals surface area contributed by atoms with Crippen LogP contribution < -0.4 is 27.5 Å². The molecule has 0 radical (unpaired) electrons. The molecular weight excluding hydrogens is 590 g/mol. The van der Waals surface area contributed by atoms with Gasteiger partial charge in [0.2, 0.25) is 0 Å². The number of phenols is 1. The van der Waals surface area contributed by atoms with Gasteiger partial charge in [-0.1, -0.05) is 0 Å². The summed E-state index contributed by atoms with van der Waals surface area (Å²) in [5.74, 6) is -2.95. The highest BCUT2D eigenvalue weighted by Gasteiger charge is 2.07. The Kier molecular flexibility index (Phi) is 17.0. The molecule has 0 bridgehead atoms. The largest absolute Gasteiger partial charge is 0.504 e. The van der Waals surface area contributed by atoms with E-state index < -0.39 is 23.6 Å². The molecule has 43 heavy (non-hydrogen) atoms. The zero-order valence-electron chi connectivity index (χ0n) is 22.5. The van der Waals surface area contributed by atoms with Crippen molar-refractivity contribution in [2.45, 2.75) is 6.92 Å². The molecule has 0 amide bonds. The number of phenolic OH excluding ortho intramolecular Hbond substituents is 1. The van der Waals surface area contributed by atoms with Gasteiger partial charge in [-0.3, -0.25) is 19.7 Å². The van der Waals surface area contributed by atoms with E-state index in [0.29, 0.717) is 5.56 Å². The van der Waals surface area contributed by atoms with E-state index in [9.17, 15) is 24.0 Å². The fourth-order valence-electron chi connectivity index (χ4n) is 2.19. The fourth-order valence-corrected chi connectivity index (χ4v) is 2.19. The van der Waals surface area contributed by atoms with Crippen molar-refractivity contribution >= 4 is 35.2 Å². The molecule has 0 aliphatic rings. The number of carbonyl (C=O) groups is 3. The van der Waals surface area contributed by atoms with Crippen LogP contribution in [0, 0.1) is 6.92 Å². The van der Waals surface area contributed by atoms with E-state index in [2.05, 4.69) is 48.6 Å². The van der Waals surface area contributed by atoms with Crippen LogP contribution in [0.4, 0.5) is 0 Å². The molecule has 17 nitrogen and oxygen atoms in total. The topological polar surface area (TPSA) is 298 Å². The van der Waals surface area contributed by atoms with Gasteiger partial charge in [-0.05, 0) is 49.5 Å². The van der Waals surface area contributed by atoms with E-state index in [1.807, 2.05) is 0 Å². The van der Waals surface area contributed by atoms with Gasteiger partial charge in [0, 0.05) is 36.5 Å². The van der Waals surface area contributed by atoms with Crippen molar-refractivity contribution in [1.29, 1.82) is 0 Å². The van der Waals surface area contributed by atoms with Crippen LogP contribution in [-0.4, -0.2) is 75.5 Å². The van der Waals surface area contributed by atoms with E-state index in [0.717, 1.165) is 0 Å². The molecule has 1 aromatic carbocycles. The maximum absolute atomic E-state index is 10.6. The lowest BCUT2D eigenvalue weighted by Gasteiger charge is -2.02. The number of benzene rings is 1. The molecule has 3 heterocycles. The molecule has 0 aliphatic heterocycles. The molecule has 0 saturated carbocycles. The predicted molar refractivity (Wildman–Crippen MR) is 155 cm³/mol. The maximum atomic E-state index is 10.6. The van der Waals surface area contributed by atoms with Gasteiger partial charge in [0.1, 0.15) is 0 Å². The molecule has 10 N–H and O–H groups in total. The highest BCUT2D eigenvalue weighted by atomic mass is 32.1. The molecule has 0 unspecified atom stereocenters. The summed E-state index contributed by atoms with van der Waals surface area (Å²) in [6.07, 6.45) is 8.17. The fraction of sp³-hybridized carbons (Fsp3) is 0.0800. The lowest BCUT2D eigenvalue weighted by molar-refractivity contribution is 0.0681. The number of rotatable bonds is 4. The third-order valence-corrected chi connectivity index (χ3v) is 4.12. The number of aryl methyl sites for hydroxylation is 1. The Hall–Kier alpha value is -6.17. The first-order chi connectivity index (χ1) is 20.2. The number of hydrogen-bond acceptors (Lipinski definition) is 11. The zero-order chi connectivity index (χ0) is 32.9. The number of ether oxygens (including phenoxy) is 1. The summed E-state index contributed by atoms with van der Waals surface area (Å²) >= 11 is 4.09. The summed E-state index contributed by atoms with van der Waals surface area (Å²) in [6, 6.07) is 6.93. The van der Waals surface area contributed by atoms with E-state index in [1.165, 1.54) is 68.6 Å². The van der Waals surface area contributed by atoms with Crippen LogP contribution in [0.3, 0.4) is 0 Å². The molecule has 0 saturated heterocycles. The van der Waals surface area contributed by atoms with Crippen molar-refractivity contribution in [2.75, 3.05) is 7.11 Å². The SMILES string of the molecule is COc1cc(C(=O)O)ccc1O.Cc1c[nH]c(=O)[nH]c1=O.NC(N)=S.O=C(O)c1cccnc1.O=C(O)c1cnccn1. The van der Waals surface area contributed by atoms with Crippen molar-refractivity contribution in [3.8, 4) is 11.5 Å². The standard InChI is InChI=1S/C8H8O4.C6H5NO2.C5H6N2O2.C5H4N2O2.CH4N2S/c1-12-7-4-5(8(10)11)2-3-6(7)9;8-6(9)5-2-1-3-7-4-5;1-3-2-6-5(9)7-4(3)8;8-5(9)4-3-6-1-2-7-4;2-1(3)4/h2-4,9H,1H3,(H,10,11);1-4H,(H,8,9);2H,1H3,(H2,6,7,8,9);1-3H,(H,8,9);(H4,2,3,4). The van der Waals surface area contributed by atoms with E-state index in [4.69, 9.17) is 25.2 Å². The summed E-state index contributed by atoms with van der Waals surface area (Å²) in [5, 5.41) is 34.3. The second-order valence-electron chi connectivity index (χ2n) is 7.29. The molecule has 0 aliphatic carbocycles. The van der Waals surface area contributed by atoms with Gasteiger partial charge >= 0.3 is 23.6 Å². The highest BCUT2D eigenvalue weighted by Crippen LogP contribution is 2.25. The monoisotopic (exact) mass is 617 g/mol. The molecule has 228 valence electrons. The predicted octanol–water partition coefficient (Wildman–Crippen LogP) is 0.614. The molecule has 3 aromatic heterocycles.